The Morgan fingerprint density at radius 3 is 2.74 bits per heavy atom. The fourth-order valence-corrected chi connectivity index (χ4v) is 5.62. The summed E-state index contributed by atoms with van der Waals surface area (Å²) in [5.74, 6) is 1.03. The Labute approximate surface area is 190 Å². The molecule has 31 heavy (non-hydrogen) atoms. The van der Waals surface area contributed by atoms with E-state index in [1.807, 2.05) is 12.1 Å². The molecule has 0 bridgehead atoms. The summed E-state index contributed by atoms with van der Waals surface area (Å²) in [4.78, 5) is 18.5. The summed E-state index contributed by atoms with van der Waals surface area (Å²) in [6, 6.07) is 12.3. The zero-order chi connectivity index (χ0) is 21.5. The smallest absolute Gasteiger partial charge is 0.233 e. The van der Waals surface area contributed by atoms with Gasteiger partial charge in [0.05, 0.1) is 16.8 Å². The van der Waals surface area contributed by atoms with Crippen molar-refractivity contribution >= 4 is 50.6 Å². The first-order valence-corrected chi connectivity index (χ1v) is 11.8. The molecule has 2 aliphatic rings. The Kier molecular flexibility index (Phi) is 5.60. The van der Waals surface area contributed by atoms with E-state index in [1.165, 1.54) is 15.0 Å². The highest BCUT2D eigenvalue weighted by atomic mass is 35.5. The number of rotatable bonds is 5. The lowest BCUT2D eigenvalue weighted by molar-refractivity contribution is -0.118. The molecule has 1 unspecified atom stereocenters. The van der Waals surface area contributed by atoms with Crippen LogP contribution in [0.25, 0.3) is 10.1 Å². The molecule has 1 fully saturated rings. The molecule has 3 heterocycles. The zero-order valence-corrected chi connectivity index (χ0v) is 19.0. The van der Waals surface area contributed by atoms with Gasteiger partial charge in [-0.2, -0.15) is 4.37 Å². The lowest BCUT2D eigenvalue weighted by Crippen LogP contribution is -2.47. The number of aromatic nitrogens is 1. The van der Waals surface area contributed by atoms with Crippen LogP contribution >= 0.6 is 23.1 Å². The molecule has 0 spiro atoms. The maximum Gasteiger partial charge on any atom is 0.233 e. The Hall–Kier alpha value is -2.19. The number of aliphatic hydroxyl groups excluding tert-OH is 1. The van der Waals surface area contributed by atoms with E-state index in [4.69, 9.17) is 11.6 Å². The van der Waals surface area contributed by atoms with Crippen LogP contribution in [0.5, 0.6) is 0 Å². The van der Waals surface area contributed by atoms with Gasteiger partial charge in [0.25, 0.3) is 0 Å². The lowest BCUT2D eigenvalue weighted by Gasteiger charge is -2.35. The van der Waals surface area contributed by atoms with Crippen LogP contribution in [-0.4, -0.2) is 59.2 Å². The van der Waals surface area contributed by atoms with Gasteiger partial charge in [0, 0.05) is 43.1 Å². The third kappa shape index (κ3) is 3.91. The molecular weight excluding hydrogens is 432 g/mol. The number of hydrogen-bond donors (Lipinski definition) is 1. The molecule has 1 saturated heterocycles. The predicted molar refractivity (Wildman–Crippen MR) is 126 cm³/mol. The molecule has 1 atom stereocenters. The van der Waals surface area contributed by atoms with Crippen molar-refractivity contribution in [2.75, 3.05) is 42.5 Å². The number of amides is 1. The molecule has 8 heteroatoms. The number of benzene rings is 2. The summed E-state index contributed by atoms with van der Waals surface area (Å²) in [7, 11) is 0. The SMILES string of the molecule is CC(O)N1C(=O)Cc2cc(CCN3CCN(c4nsc5ccccc45)CC3)c(Cl)cc21. The maximum absolute atomic E-state index is 12.2. The molecule has 6 nitrogen and oxygen atoms in total. The fraction of sp³-hybridized carbons (Fsp3) is 0.391. The van der Waals surface area contributed by atoms with Gasteiger partial charge in [-0.05, 0) is 54.2 Å². The maximum atomic E-state index is 12.2. The highest BCUT2D eigenvalue weighted by Gasteiger charge is 2.31. The molecule has 1 amide bonds. The molecule has 0 radical (unpaired) electrons. The first-order valence-electron chi connectivity index (χ1n) is 10.6. The average molecular weight is 457 g/mol. The predicted octanol–water partition coefficient (Wildman–Crippen LogP) is 3.54. The number of fused-ring (bicyclic) bond motifs is 2. The largest absolute Gasteiger partial charge is 0.373 e. The molecule has 1 N–H and O–H groups in total. The van der Waals surface area contributed by atoms with Crippen molar-refractivity contribution in [1.82, 2.24) is 9.27 Å². The van der Waals surface area contributed by atoms with Crippen LogP contribution in [0, 0.1) is 0 Å². The van der Waals surface area contributed by atoms with Crippen molar-refractivity contribution in [2.45, 2.75) is 26.0 Å². The second kappa shape index (κ2) is 8.39. The number of aliphatic hydroxyl groups is 1. The van der Waals surface area contributed by atoms with E-state index in [2.05, 4.69) is 38.4 Å². The Morgan fingerprint density at radius 1 is 1.19 bits per heavy atom. The second-order valence-electron chi connectivity index (χ2n) is 8.23. The Bertz CT molecular complexity index is 1120. The monoisotopic (exact) mass is 456 g/mol. The van der Waals surface area contributed by atoms with Crippen molar-refractivity contribution in [3.63, 3.8) is 0 Å². The van der Waals surface area contributed by atoms with Gasteiger partial charge in [0.1, 0.15) is 12.0 Å². The number of carbonyl (C=O) groups is 1. The van der Waals surface area contributed by atoms with Gasteiger partial charge in [-0.1, -0.05) is 29.8 Å². The van der Waals surface area contributed by atoms with Crippen molar-refractivity contribution in [3.8, 4) is 0 Å². The van der Waals surface area contributed by atoms with E-state index in [0.717, 1.165) is 61.8 Å². The number of hydrogen-bond acceptors (Lipinski definition) is 6. The van der Waals surface area contributed by atoms with Gasteiger partial charge in [-0.3, -0.25) is 14.6 Å². The number of anilines is 2. The first kappa shape index (κ1) is 20.7. The van der Waals surface area contributed by atoms with Crippen molar-refractivity contribution in [3.05, 3.63) is 52.5 Å². The number of carbonyl (C=O) groups excluding carboxylic acids is 1. The summed E-state index contributed by atoms with van der Waals surface area (Å²) in [5.41, 5.74) is 2.75. The minimum absolute atomic E-state index is 0.0797. The Morgan fingerprint density at radius 2 is 1.97 bits per heavy atom. The van der Waals surface area contributed by atoms with E-state index in [1.54, 1.807) is 18.5 Å². The van der Waals surface area contributed by atoms with Crippen LogP contribution in [0.4, 0.5) is 11.5 Å². The lowest BCUT2D eigenvalue weighted by atomic mass is 10.1. The quantitative estimate of drug-likeness (QED) is 0.636. The van der Waals surface area contributed by atoms with E-state index in [9.17, 15) is 9.90 Å². The summed E-state index contributed by atoms with van der Waals surface area (Å²) in [6.45, 7) is 6.43. The van der Waals surface area contributed by atoms with Gasteiger partial charge in [-0.25, -0.2) is 0 Å². The van der Waals surface area contributed by atoms with Crippen molar-refractivity contribution in [2.24, 2.45) is 0 Å². The fourth-order valence-electron chi connectivity index (χ4n) is 4.57. The number of nitrogens with zero attached hydrogens (tertiary/aromatic N) is 4. The highest BCUT2D eigenvalue weighted by Crippen LogP contribution is 2.35. The molecule has 162 valence electrons. The molecule has 0 aliphatic carbocycles. The van der Waals surface area contributed by atoms with Crippen LogP contribution in [0.15, 0.2) is 36.4 Å². The third-order valence-corrected chi connectivity index (χ3v) is 7.39. The standard InChI is InChI=1S/C23H25ClN4O2S/c1-15(29)28-20-14-19(24)16(12-17(20)13-22(28)30)6-7-26-8-10-27(11-9-26)23-18-4-2-3-5-21(18)31-25-23/h2-5,12,14-15,29H,6-11,13H2,1H3. The van der Waals surface area contributed by atoms with Crippen LogP contribution in [0.2, 0.25) is 5.02 Å². The van der Waals surface area contributed by atoms with E-state index in [0.29, 0.717) is 11.4 Å². The van der Waals surface area contributed by atoms with Gasteiger partial charge in [0.2, 0.25) is 5.91 Å². The minimum atomic E-state index is -0.846. The highest BCUT2D eigenvalue weighted by molar-refractivity contribution is 7.13. The minimum Gasteiger partial charge on any atom is -0.373 e. The topological polar surface area (TPSA) is 59.9 Å². The molecule has 1 aromatic heterocycles. The van der Waals surface area contributed by atoms with Gasteiger partial charge >= 0.3 is 0 Å². The molecule has 2 aliphatic heterocycles. The Balaban J connectivity index is 1.21. The number of piperazine rings is 1. The molecular formula is C23H25ClN4O2S. The van der Waals surface area contributed by atoms with Crippen LogP contribution in [-0.2, 0) is 17.6 Å². The van der Waals surface area contributed by atoms with Gasteiger partial charge < -0.3 is 10.0 Å². The van der Waals surface area contributed by atoms with Crippen LogP contribution in [0.3, 0.4) is 0 Å². The van der Waals surface area contributed by atoms with Gasteiger partial charge in [-0.15, -0.1) is 0 Å². The first-order chi connectivity index (χ1) is 15.0. The van der Waals surface area contributed by atoms with E-state index < -0.39 is 6.23 Å². The normalized spacial score (nSPS) is 18.1. The van der Waals surface area contributed by atoms with Crippen LogP contribution in [0.1, 0.15) is 18.1 Å². The summed E-state index contributed by atoms with van der Waals surface area (Å²) in [6.07, 6.45) is 0.320. The average Bonchev–Trinajstić information content (AvgIpc) is 3.32. The van der Waals surface area contributed by atoms with E-state index in [-0.39, 0.29) is 5.91 Å². The zero-order valence-electron chi connectivity index (χ0n) is 17.4. The van der Waals surface area contributed by atoms with Gasteiger partial charge in [0.15, 0.2) is 0 Å². The second-order valence-corrected chi connectivity index (χ2v) is 9.44. The molecule has 0 saturated carbocycles. The molecule has 2 aromatic carbocycles. The van der Waals surface area contributed by atoms with Crippen molar-refractivity contribution < 1.29 is 9.90 Å². The summed E-state index contributed by atoms with van der Waals surface area (Å²) < 4.78 is 5.92. The molecule has 3 aromatic rings. The molecule has 5 rings (SSSR count). The number of halogens is 1. The summed E-state index contributed by atoms with van der Waals surface area (Å²) >= 11 is 8.10. The van der Waals surface area contributed by atoms with E-state index >= 15 is 0 Å². The van der Waals surface area contributed by atoms with Crippen molar-refractivity contribution in [1.29, 1.82) is 0 Å². The van der Waals surface area contributed by atoms with Crippen LogP contribution < -0.4 is 9.80 Å². The summed E-state index contributed by atoms with van der Waals surface area (Å²) in [5, 5.41) is 11.8. The third-order valence-electron chi connectivity index (χ3n) is 6.22.